The molecule has 14 nitrogen and oxygen atoms in total. The van der Waals surface area contributed by atoms with E-state index >= 15 is 0 Å². The molecule has 3 aliphatic rings. The van der Waals surface area contributed by atoms with Gasteiger partial charge in [-0.3, -0.25) is 0 Å². The molecule has 15 heteroatoms. The predicted octanol–water partition coefficient (Wildman–Crippen LogP) is -6.08. The maximum absolute atomic E-state index is 11.0. The monoisotopic (exact) mass is 501 g/mol. The molecule has 0 aromatic heterocycles. The van der Waals surface area contributed by atoms with E-state index in [1.54, 1.807) is 0 Å². The van der Waals surface area contributed by atoms with Gasteiger partial charge in [-0.15, -0.1) is 11.6 Å². The number of alkyl halides is 1. The zero-order valence-corrected chi connectivity index (χ0v) is 18.7. The van der Waals surface area contributed by atoms with Crippen LogP contribution >= 0.6 is 11.6 Å². The van der Waals surface area contributed by atoms with E-state index in [9.17, 15) is 25.5 Å². The molecule has 33 heavy (non-hydrogen) atoms. The molecule has 0 spiro atoms. The van der Waals surface area contributed by atoms with Crippen molar-refractivity contribution in [2.24, 2.45) is 28.7 Å². The van der Waals surface area contributed by atoms with Gasteiger partial charge in [0.1, 0.15) is 48.8 Å². The first-order valence-corrected chi connectivity index (χ1v) is 11.4. The lowest BCUT2D eigenvalue weighted by Gasteiger charge is -2.48. The van der Waals surface area contributed by atoms with Crippen molar-refractivity contribution in [3.8, 4) is 0 Å². The Hall–Kier alpha value is -0.270. The quantitative estimate of drug-likeness (QED) is 0.152. The van der Waals surface area contributed by atoms with Gasteiger partial charge in [0.05, 0.1) is 24.1 Å². The minimum atomic E-state index is -1.43. The normalized spacial score (nSPS) is 53.7. The Morgan fingerprint density at radius 2 is 1.24 bits per heavy atom. The highest BCUT2D eigenvalue weighted by Crippen LogP contribution is 2.31. The molecule has 2 saturated heterocycles. The maximum atomic E-state index is 11.0. The van der Waals surface area contributed by atoms with Crippen LogP contribution in [0.5, 0.6) is 0 Å². The van der Waals surface area contributed by atoms with Crippen LogP contribution < -0.4 is 28.7 Å². The number of hydrogen-bond acceptors (Lipinski definition) is 14. The van der Waals surface area contributed by atoms with Gasteiger partial charge in [0.2, 0.25) is 0 Å². The summed E-state index contributed by atoms with van der Waals surface area (Å²) in [5, 5.41) is 51.7. The van der Waals surface area contributed by atoms with Gasteiger partial charge in [-0.05, 0) is 6.42 Å². The first kappa shape index (κ1) is 27.3. The van der Waals surface area contributed by atoms with E-state index in [4.69, 9.17) is 59.2 Å². The molecule has 0 radical (unpaired) electrons. The summed E-state index contributed by atoms with van der Waals surface area (Å²) < 4.78 is 22.7. The number of aliphatic hydroxyl groups is 5. The van der Waals surface area contributed by atoms with Gasteiger partial charge in [-0.1, -0.05) is 0 Å². The molecule has 3 rings (SSSR count). The summed E-state index contributed by atoms with van der Waals surface area (Å²) in [5.74, 6) is -0.106. The molecule has 0 aromatic rings. The molecule has 194 valence electrons. The summed E-state index contributed by atoms with van der Waals surface area (Å²) in [7, 11) is 0. The predicted molar refractivity (Wildman–Crippen MR) is 113 cm³/mol. The summed E-state index contributed by atoms with van der Waals surface area (Å²) >= 11 is 5.80. The van der Waals surface area contributed by atoms with Gasteiger partial charge in [0, 0.05) is 18.6 Å². The Kier molecular flexibility index (Phi) is 9.27. The van der Waals surface area contributed by atoms with Gasteiger partial charge >= 0.3 is 0 Å². The standard InChI is InChI=1S/C18H36ClN5O9/c19-2-6-10(25)8(23)13(28)18(30-6)33-16-5(22)1-4(21)15(14(16)29)32-17-9(24)12(27)11(26)7(3-20)31-17/h4-18,25-29H,1-3,20-24H2. The highest BCUT2D eigenvalue weighted by Gasteiger charge is 2.51. The number of aliphatic hydroxyl groups excluding tert-OH is 5. The molecule has 15 atom stereocenters. The molecule has 1 aliphatic carbocycles. The van der Waals surface area contributed by atoms with Crippen LogP contribution in [0.15, 0.2) is 0 Å². The fourth-order valence-corrected chi connectivity index (χ4v) is 4.68. The van der Waals surface area contributed by atoms with Crippen LogP contribution in [0.1, 0.15) is 6.42 Å². The van der Waals surface area contributed by atoms with Crippen LogP contribution in [0, 0.1) is 0 Å². The fraction of sp³-hybridized carbons (Fsp3) is 1.00. The van der Waals surface area contributed by atoms with E-state index in [1.165, 1.54) is 0 Å². The molecule has 0 amide bonds. The number of halogens is 1. The molecule has 2 heterocycles. The zero-order valence-electron chi connectivity index (χ0n) is 17.9. The van der Waals surface area contributed by atoms with Crippen molar-refractivity contribution >= 4 is 11.6 Å². The van der Waals surface area contributed by atoms with Crippen LogP contribution in [0.25, 0.3) is 0 Å². The fourth-order valence-electron chi connectivity index (χ4n) is 4.42. The molecule has 15 N–H and O–H groups in total. The van der Waals surface area contributed by atoms with Gasteiger partial charge < -0.3 is 73.1 Å². The molecule has 1 saturated carbocycles. The van der Waals surface area contributed by atoms with Gasteiger partial charge in [0.15, 0.2) is 12.6 Å². The third-order valence-corrected chi connectivity index (χ3v) is 6.84. The van der Waals surface area contributed by atoms with E-state index in [1.807, 2.05) is 0 Å². The highest BCUT2D eigenvalue weighted by molar-refractivity contribution is 6.18. The zero-order chi connectivity index (χ0) is 24.6. The number of rotatable bonds is 6. The second kappa shape index (κ2) is 11.2. The minimum absolute atomic E-state index is 0.106. The van der Waals surface area contributed by atoms with Crippen molar-refractivity contribution in [2.45, 2.75) is 98.1 Å². The van der Waals surface area contributed by atoms with Crippen LogP contribution in [0.4, 0.5) is 0 Å². The number of nitrogens with two attached hydrogens (primary N) is 5. The van der Waals surface area contributed by atoms with Gasteiger partial charge in [-0.2, -0.15) is 0 Å². The molecular weight excluding hydrogens is 466 g/mol. The average Bonchev–Trinajstić information content (AvgIpc) is 2.79. The summed E-state index contributed by atoms with van der Waals surface area (Å²) in [5.41, 5.74) is 29.7. The molecule has 0 aromatic carbocycles. The highest BCUT2D eigenvalue weighted by atomic mass is 35.5. The molecule has 15 unspecified atom stereocenters. The molecule has 2 aliphatic heterocycles. The molecule has 0 bridgehead atoms. The first-order valence-electron chi connectivity index (χ1n) is 10.8. The molecule has 3 fully saturated rings. The van der Waals surface area contributed by atoms with Gasteiger partial charge in [0.25, 0.3) is 0 Å². The van der Waals surface area contributed by atoms with Crippen LogP contribution in [-0.2, 0) is 18.9 Å². The van der Waals surface area contributed by atoms with Crippen molar-refractivity contribution in [3.63, 3.8) is 0 Å². The lowest BCUT2D eigenvalue weighted by molar-refractivity contribution is -0.315. The first-order chi connectivity index (χ1) is 15.5. The summed E-state index contributed by atoms with van der Waals surface area (Å²) in [6, 6.07) is -3.78. The summed E-state index contributed by atoms with van der Waals surface area (Å²) in [6.07, 6.45) is -13.2. The van der Waals surface area contributed by atoms with Crippen molar-refractivity contribution in [1.29, 1.82) is 0 Å². The summed E-state index contributed by atoms with van der Waals surface area (Å²) in [6.45, 7) is -0.106. The van der Waals surface area contributed by atoms with Crippen molar-refractivity contribution in [1.82, 2.24) is 0 Å². The SMILES string of the molecule is NCC1OC(OC2C(N)CC(N)C(OC3OC(CCl)C(O)C(N)C3O)C2O)C(N)C(O)C1O. The van der Waals surface area contributed by atoms with Crippen molar-refractivity contribution < 1.29 is 44.5 Å². The van der Waals surface area contributed by atoms with E-state index in [-0.39, 0.29) is 18.8 Å². The summed E-state index contributed by atoms with van der Waals surface area (Å²) in [4.78, 5) is 0. The van der Waals surface area contributed by atoms with E-state index in [0.29, 0.717) is 0 Å². The maximum Gasteiger partial charge on any atom is 0.186 e. The molecular formula is C18H36ClN5O9. The van der Waals surface area contributed by atoms with Crippen LogP contribution in [0.3, 0.4) is 0 Å². The van der Waals surface area contributed by atoms with Crippen molar-refractivity contribution in [2.75, 3.05) is 12.4 Å². The lowest BCUT2D eigenvalue weighted by Crippen LogP contribution is -2.69. The van der Waals surface area contributed by atoms with E-state index in [0.717, 1.165) is 0 Å². The lowest BCUT2D eigenvalue weighted by atomic mass is 9.84. The van der Waals surface area contributed by atoms with E-state index in [2.05, 4.69) is 0 Å². The smallest absolute Gasteiger partial charge is 0.186 e. The number of ether oxygens (including phenoxy) is 4. The Morgan fingerprint density at radius 1 is 0.697 bits per heavy atom. The second-order valence-corrected chi connectivity index (χ2v) is 9.16. The Labute approximate surface area is 195 Å². The minimum Gasteiger partial charge on any atom is -0.389 e. The Morgan fingerprint density at radius 3 is 1.79 bits per heavy atom. The number of hydrogen-bond donors (Lipinski definition) is 10. The average molecular weight is 502 g/mol. The third-order valence-electron chi connectivity index (χ3n) is 6.53. The van der Waals surface area contributed by atoms with Crippen LogP contribution in [0.2, 0.25) is 0 Å². The topological polar surface area (TPSA) is 268 Å². The Balaban J connectivity index is 1.72. The van der Waals surface area contributed by atoms with Crippen molar-refractivity contribution in [3.05, 3.63) is 0 Å². The Bertz CT molecular complexity index is 590. The second-order valence-electron chi connectivity index (χ2n) is 8.85. The van der Waals surface area contributed by atoms with Crippen LogP contribution in [-0.4, -0.2) is 130 Å². The van der Waals surface area contributed by atoms with E-state index < -0.39 is 91.7 Å². The largest absolute Gasteiger partial charge is 0.389 e. The van der Waals surface area contributed by atoms with Gasteiger partial charge in [-0.25, -0.2) is 0 Å². The third kappa shape index (κ3) is 5.45.